The second kappa shape index (κ2) is 5.23. The lowest BCUT2D eigenvalue weighted by molar-refractivity contribution is 0.394. The van der Waals surface area contributed by atoms with Gasteiger partial charge in [0.05, 0.1) is 14.2 Å². The van der Waals surface area contributed by atoms with E-state index in [4.69, 9.17) is 15.2 Å². The van der Waals surface area contributed by atoms with Gasteiger partial charge in [-0.25, -0.2) is 0 Å². The standard InChI is InChI=1S/C14H19NO2/c1-16-13-7-11(8-14(9-13)17-2)10-3-5-12(15)6-4-10/h3,7-9,12H,4-6,15H2,1-2H3. The Morgan fingerprint density at radius 2 is 1.76 bits per heavy atom. The maximum absolute atomic E-state index is 5.89. The van der Waals surface area contributed by atoms with E-state index in [9.17, 15) is 0 Å². The fraction of sp³-hybridized carbons (Fsp3) is 0.429. The van der Waals surface area contributed by atoms with Gasteiger partial charge in [-0.05, 0) is 42.5 Å². The molecule has 3 heteroatoms. The smallest absolute Gasteiger partial charge is 0.123 e. The SMILES string of the molecule is COc1cc(OC)cc(C2=CCC(N)CC2)c1. The highest BCUT2D eigenvalue weighted by molar-refractivity contribution is 5.69. The maximum atomic E-state index is 5.89. The van der Waals surface area contributed by atoms with Crippen LogP contribution in [0.3, 0.4) is 0 Å². The van der Waals surface area contributed by atoms with E-state index in [1.54, 1.807) is 14.2 Å². The molecule has 0 saturated heterocycles. The molecule has 2 N–H and O–H groups in total. The average molecular weight is 233 g/mol. The van der Waals surface area contributed by atoms with Crippen LogP contribution in [0, 0.1) is 0 Å². The number of ether oxygens (including phenoxy) is 2. The number of rotatable bonds is 3. The van der Waals surface area contributed by atoms with Crippen LogP contribution in [0.25, 0.3) is 5.57 Å². The molecule has 2 rings (SSSR count). The van der Waals surface area contributed by atoms with Crippen molar-refractivity contribution in [3.8, 4) is 11.5 Å². The van der Waals surface area contributed by atoms with Crippen molar-refractivity contribution in [2.45, 2.75) is 25.3 Å². The molecule has 1 unspecified atom stereocenters. The Bertz CT molecular complexity index is 404. The first-order chi connectivity index (χ1) is 8.22. The van der Waals surface area contributed by atoms with Crippen LogP contribution in [0.5, 0.6) is 11.5 Å². The summed E-state index contributed by atoms with van der Waals surface area (Å²) in [4.78, 5) is 0. The number of methoxy groups -OCH3 is 2. The molecule has 3 nitrogen and oxygen atoms in total. The van der Waals surface area contributed by atoms with E-state index in [1.165, 1.54) is 11.1 Å². The molecule has 1 aromatic rings. The van der Waals surface area contributed by atoms with Crippen LogP contribution < -0.4 is 15.2 Å². The van der Waals surface area contributed by atoms with Crippen molar-refractivity contribution in [3.05, 3.63) is 29.8 Å². The van der Waals surface area contributed by atoms with E-state index in [1.807, 2.05) is 18.2 Å². The molecule has 0 aliphatic heterocycles. The number of benzene rings is 1. The molecule has 0 spiro atoms. The summed E-state index contributed by atoms with van der Waals surface area (Å²) >= 11 is 0. The van der Waals surface area contributed by atoms with Gasteiger partial charge < -0.3 is 15.2 Å². The first kappa shape index (κ1) is 12.0. The monoisotopic (exact) mass is 233 g/mol. The highest BCUT2D eigenvalue weighted by Crippen LogP contribution is 2.31. The quantitative estimate of drug-likeness (QED) is 0.872. The Morgan fingerprint density at radius 1 is 1.12 bits per heavy atom. The van der Waals surface area contributed by atoms with Crippen LogP contribution >= 0.6 is 0 Å². The summed E-state index contributed by atoms with van der Waals surface area (Å²) in [7, 11) is 3.34. The molecule has 1 aromatic carbocycles. The number of hydrogen-bond donors (Lipinski definition) is 1. The highest BCUT2D eigenvalue weighted by atomic mass is 16.5. The Morgan fingerprint density at radius 3 is 2.24 bits per heavy atom. The summed E-state index contributed by atoms with van der Waals surface area (Å²) in [6.07, 6.45) is 5.25. The second-order valence-electron chi connectivity index (χ2n) is 4.37. The minimum atomic E-state index is 0.311. The van der Waals surface area contributed by atoms with Crippen molar-refractivity contribution in [1.82, 2.24) is 0 Å². The van der Waals surface area contributed by atoms with Gasteiger partial charge in [-0.1, -0.05) is 6.08 Å². The normalized spacial score (nSPS) is 19.7. The maximum Gasteiger partial charge on any atom is 0.123 e. The van der Waals surface area contributed by atoms with Crippen LogP contribution in [0.2, 0.25) is 0 Å². The van der Waals surface area contributed by atoms with Crippen molar-refractivity contribution in [1.29, 1.82) is 0 Å². The third-order valence-electron chi connectivity index (χ3n) is 3.17. The van der Waals surface area contributed by atoms with Gasteiger partial charge in [-0.3, -0.25) is 0 Å². The van der Waals surface area contributed by atoms with Crippen molar-refractivity contribution >= 4 is 5.57 Å². The Hall–Kier alpha value is -1.48. The van der Waals surface area contributed by atoms with Crippen LogP contribution in [0.1, 0.15) is 24.8 Å². The van der Waals surface area contributed by atoms with Gasteiger partial charge in [-0.2, -0.15) is 0 Å². The van der Waals surface area contributed by atoms with E-state index in [2.05, 4.69) is 6.08 Å². The Labute approximate surface area is 102 Å². The van der Waals surface area contributed by atoms with Gasteiger partial charge in [0.2, 0.25) is 0 Å². The lowest BCUT2D eigenvalue weighted by Crippen LogP contribution is -2.21. The van der Waals surface area contributed by atoms with Crippen LogP contribution in [0.15, 0.2) is 24.3 Å². The molecule has 17 heavy (non-hydrogen) atoms. The summed E-state index contributed by atoms with van der Waals surface area (Å²) in [6.45, 7) is 0. The van der Waals surface area contributed by atoms with Crippen molar-refractivity contribution < 1.29 is 9.47 Å². The molecule has 0 fully saturated rings. The first-order valence-corrected chi connectivity index (χ1v) is 5.91. The van der Waals surface area contributed by atoms with Gasteiger partial charge in [-0.15, -0.1) is 0 Å². The third kappa shape index (κ3) is 2.80. The minimum Gasteiger partial charge on any atom is -0.497 e. The van der Waals surface area contributed by atoms with Gasteiger partial charge in [0, 0.05) is 12.1 Å². The molecule has 0 amide bonds. The predicted molar refractivity (Wildman–Crippen MR) is 69.3 cm³/mol. The largest absolute Gasteiger partial charge is 0.497 e. The first-order valence-electron chi connectivity index (χ1n) is 5.91. The van der Waals surface area contributed by atoms with E-state index >= 15 is 0 Å². The second-order valence-corrected chi connectivity index (χ2v) is 4.37. The molecule has 0 bridgehead atoms. The van der Waals surface area contributed by atoms with Crippen LogP contribution in [0.4, 0.5) is 0 Å². The summed E-state index contributed by atoms with van der Waals surface area (Å²) in [5.41, 5.74) is 8.40. The fourth-order valence-corrected chi connectivity index (χ4v) is 2.11. The zero-order valence-electron chi connectivity index (χ0n) is 10.4. The van der Waals surface area contributed by atoms with E-state index in [-0.39, 0.29) is 0 Å². The highest BCUT2D eigenvalue weighted by Gasteiger charge is 2.13. The third-order valence-corrected chi connectivity index (χ3v) is 3.17. The average Bonchev–Trinajstić information content (AvgIpc) is 2.39. The van der Waals surface area contributed by atoms with Gasteiger partial charge >= 0.3 is 0 Å². The number of hydrogen-bond acceptors (Lipinski definition) is 3. The minimum absolute atomic E-state index is 0.311. The lowest BCUT2D eigenvalue weighted by atomic mass is 9.91. The molecular weight excluding hydrogens is 214 g/mol. The topological polar surface area (TPSA) is 44.5 Å². The number of nitrogens with two attached hydrogens (primary N) is 1. The Balaban J connectivity index is 2.31. The van der Waals surface area contributed by atoms with E-state index < -0.39 is 0 Å². The Kier molecular flexibility index (Phi) is 3.69. The molecule has 1 aliphatic carbocycles. The summed E-state index contributed by atoms with van der Waals surface area (Å²) in [5, 5.41) is 0. The summed E-state index contributed by atoms with van der Waals surface area (Å²) in [6, 6.07) is 6.29. The van der Waals surface area contributed by atoms with Gasteiger partial charge in [0.25, 0.3) is 0 Å². The molecule has 1 aliphatic rings. The molecule has 1 atom stereocenters. The zero-order valence-corrected chi connectivity index (χ0v) is 10.4. The van der Waals surface area contributed by atoms with Crippen molar-refractivity contribution in [3.63, 3.8) is 0 Å². The fourth-order valence-electron chi connectivity index (χ4n) is 2.11. The van der Waals surface area contributed by atoms with Crippen molar-refractivity contribution in [2.75, 3.05) is 14.2 Å². The molecule has 0 saturated carbocycles. The van der Waals surface area contributed by atoms with E-state index in [0.717, 1.165) is 30.8 Å². The van der Waals surface area contributed by atoms with Crippen LogP contribution in [-0.2, 0) is 0 Å². The molecule has 92 valence electrons. The summed E-state index contributed by atoms with van der Waals surface area (Å²) < 4.78 is 10.6. The molecular formula is C14H19NO2. The number of allylic oxidation sites excluding steroid dienone is 1. The lowest BCUT2D eigenvalue weighted by Gasteiger charge is -2.19. The van der Waals surface area contributed by atoms with Gasteiger partial charge in [0.1, 0.15) is 11.5 Å². The van der Waals surface area contributed by atoms with Crippen LogP contribution in [-0.4, -0.2) is 20.3 Å². The zero-order chi connectivity index (χ0) is 12.3. The molecule has 0 heterocycles. The predicted octanol–water partition coefficient (Wildman–Crippen LogP) is 2.60. The molecule has 0 aromatic heterocycles. The summed E-state index contributed by atoms with van der Waals surface area (Å²) in [5.74, 6) is 1.66. The molecule has 0 radical (unpaired) electrons. The van der Waals surface area contributed by atoms with Crippen molar-refractivity contribution in [2.24, 2.45) is 5.73 Å². The van der Waals surface area contributed by atoms with Gasteiger partial charge in [0.15, 0.2) is 0 Å². The van der Waals surface area contributed by atoms with E-state index in [0.29, 0.717) is 6.04 Å².